The second-order valence-corrected chi connectivity index (χ2v) is 0.718. The van der Waals surface area contributed by atoms with Gasteiger partial charge in [-0.15, -0.1) is 0 Å². The van der Waals surface area contributed by atoms with Gasteiger partial charge in [-0.1, -0.05) is 6.92 Å². The van der Waals surface area contributed by atoms with E-state index in [1.165, 1.54) is 6.08 Å². The van der Waals surface area contributed by atoms with Crippen molar-refractivity contribution in [1.82, 2.24) is 0 Å². The molecule has 0 aromatic heterocycles. The smallest absolute Gasteiger partial charge is 0.358 e. The van der Waals surface area contributed by atoms with Crippen molar-refractivity contribution < 1.29 is 19.5 Å². The van der Waals surface area contributed by atoms with Crippen LogP contribution < -0.4 is 0 Å². The van der Waals surface area contributed by atoms with Gasteiger partial charge in [0.2, 0.25) is 0 Å². The van der Waals surface area contributed by atoms with Crippen molar-refractivity contribution >= 4 is 0 Å². The second kappa shape index (κ2) is 27.5. The van der Waals surface area contributed by atoms with Crippen molar-refractivity contribution in [2.45, 2.75) is 6.92 Å². The Bertz CT molecular complexity index is 46.3. The minimum absolute atomic E-state index is 0. The molecule has 0 saturated heterocycles. The average molecular weight is 198 g/mol. The van der Waals surface area contributed by atoms with Gasteiger partial charge in [0.05, 0.1) is 0 Å². The summed E-state index contributed by atoms with van der Waals surface area (Å²) >= 11 is 0. The Morgan fingerprint density at radius 2 is 1.62 bits per heavy atom. The summed E-state index contributed by atoms with van der Waals surface area (Å²) in [6.45, 7) is 6.85. The molecule has 0 unspecified atom stereocenters. The number of hydrogen-bond acceptors (Lipinski definition) is 0. The first-order valence-corrected chi connectivity index (χ1v) is 1.58. The molecule has 0 aliphatic carbocycles. The van der Waals surface area contributed by atoms with Gasteiger partial charge >= 0.3 is 19.5 Å². The summed E-state index contributed by atoms with van der Waals surface area (Å²) in [6, 6.07) is 0. The Kier molecular flexibility index (Phi) is 83.4. The third-order valence-corrected chi connectivity index (χ3v) is 0.304. The molecule has 8 heavy (non-hydrogen) atoms. The van der Waals surface area contributed by atoms with E-state index in [0.29, 0.717) is 0 Å². The number of rotatable bonds is 1. The molecule has 0 aromatic carbocycles. The molecule has 0 N–H and O–H groups in total. The largest absolute Gasteiger partial charge is 3.00 e. The molecule has 0 amide bonds. The molecule has 1 radical (unpaired) electrons. The van der Waals surface area contributed by atoms with Crippen LogP contribution in [0.15, 0.2) is 18.2 Å². The summed E-state index contributed by atoms with van der Waals surface area (Å²) in [5.74, 6) is 0. The van der Waals surface area contributed by atoms with Crippen molar-refractivity contribution in [3.05, 3.63) is 39.7 Å². The van der Waals surface area contributed by atoms with E-state index in [2.05, 4.69) is 0 Å². The fraction of sp³-hybridized carbons (Fsp3) is 0.143. The molecule has 0 aliphatic rings. The van der Waals surface area contributed by atoms with E-state index in [1.54, 1.807) is 6.08 Å². The summed E-state index contributed by atoms with van der Waals surface area (Å²) in [5.41, 5.74) is 0. The average Bonchev–Trinajstić information content (AvgIpc) is 1.41. The van der Waals surface area contributed by atoms with Crippen LogP contribution >= 0.6 is 0 Å². The number of allylic oxidation sites excluding steroid dienone is 3. The summed E-state index contributed by atoms with van der Waals surface area (Å²) < 4.78 is 0. The first-order chi connectivity index (χ1) is 2.41. The monoisotopic (exact) mass is 199 g/mol. The molecule has 1 heteroatoms. The minimum atomic E-state index is 0. The van der Waals surface area contributed by atoms with Gasteiger partial charge in [0.1, 0.15) is 0 Å². The van der Waals surface area contributed by atoms with Crippen LogP contribution in [0, 0.1) is 21.4 Å². The molecule has 0 aliphatic heterocycles. The first-order valence-electron chi connectivity index (χ1n) is 1.58. The third-order valence-electron chi connectivity index (χ3n) is 0.304. The third kappa shape index (κ3) is 35.9. The molecule has 0 bridgehead atoms. The van der Waals surface area contributed by atoms with Gasteiger partial charge in [-0.2, -0.15) is 6.08 Å². The molecule has 49 valence electrons. The topological polar surface area (TPSA) is 0 Å². The maximum atomic E-state index is 4.93. The Labute approximate surface area is 66.4 Å². The van der Waals surface area contributed by atoms with Crippen LogP contribution in [0.1, 0.15) is 6.92 Å². The van der Waals surface area contributed by atoms with Gasteiger partial charge in [-0.3, -0.25) is 6.58 Å². The SMILES string of the molecule is [CH-]=CC=CC.[CH3-].[CH3-].[Ru+3]. The van der Waals surface area contributed by atoms with Gasteiger partial charge in [-0.05, 0) is 0 Å². The summed E-state index contributed by atoms with van der Waals surface area (Å²) in [6.07, 6.45) is 5.15. The zero-order chi connectivity index (χ0) is 4.12. The van der Waals surface area contributed by atoms with Crippen molar-refractivity contribution in [2.24, 2.45) is 0 Å². The van der Waals surface area contributed by atoms with E-state index < -0.39 is 0 Å². The van der Waals surface area contributed by atoms with E-state index >= 15 is 0 Å². The van der Waals surface area contributed by atoms with Crippen molar-refractivity contribution in [2.75, 3.05) is 0 Å². The van der Waals surface area contributed by atoms with Crippen LogP contribution in [0.4, 0.5) is 0 Å². The summed E-state index contributed by atoms with van der Waals surface area (Å²) in [7, 11) is 0. The van der Waals surface area contributed by atoms with Gasteiger partial charge in [0, 0.05) is 0 Å². The van der Waals surface area contributed by atoms with Crippen LogP contribution in [0.2, 0.25) is 0 Å². The summed E-state index contributed by atoms with van der Waals surface area (Å²) in [5, 5.41) is 0. The molecule has 0 atom stereocenters. The van der Waals surface area contributed by atoms with Gasteiger partial charge < -0.3 is 14.9 Å². The zero-order valence-corrected chi connectivity index (χ0v) is 7.40. The van der Waals surface area contributed by atoms with Crippen LogP contribution in [0.5, 0.6) is 0 Å². The molecular formula is C7H13Ru. The van der Waals surface area contributed by atoms with Gasteiger partial charge in [0.15, 0.2) is 0 Å². The Hall–Kier alpha value is 0.103. The fourth-order valence-corrected chi connectivity index (χ4v) is 0.111. The predicted molar refractivity (Wildman–Crippen MR) is 36.5 cm³/mol. The van der Waals surface area contributed by atoms with E-state index in [1.807, 2.05) is 13.0 Å². The standard InChI is InChI=1S/C5H7.2CH3.Ru/c1-3-5-4-2;;;/h1,3-5H,2H3;2*1H3;/q3*-1;+3. The van der Waals surface area contributed by atoms with Crippen LogP contribution in [-0.4, -0.2) is 0 Å². The van der Waals surface area contributed by atoms with Crippen molar-refractivity contribution in [1.29, 1.82) is 0 Å². The van der Waals surface area contributed by atoms with Gasteiger partial charge in [0.25, 0.3) is 0 Å². The second-order valence-electron chi connectivity index (χ2n) is 0.718. The Morgan fingerprint density at radius 3 is 1.62 bits per heavy atom. The van der Waals surface area contributed by atoms with E-state index in [9.17, 15) is 0 Å². The fourth-order valence-electron chi connectivity index (χ4n) is 0.111. The maximum absolute atomic E-state index is 4.93. The Balaban J connectivity index is -0.0000000267. The molecule has 0 aromatic rings. The maximum Gasteiger partial charge on any atom is 3.00 e. The molecule has 0 spiro atoms. The molecule has 0 fully saturated rings. The van der Waals surface area contributed by atoms with Crippen LogP contribution in [0.3, 0.4) is 0 Å². The zero-order valence-electron chi connectivity index (χ0n) is 5.66. The minimum Gasteiger partial charge on any atom is -0.358 e. The van der Waals surface area contributed by atoms with Crippen molar-refractivity contribution in [3.63, 3.8) is 0 Å². The molecule has 0 nitrogen and oxygen atoms in total. The molecule has 0 heterocycles. The first kappa shape index (κ1) is 24.3. The van der Waals surface area contributed by atoms with Crippen molar-refractivity contribution in [3.8, 4) is 0 Å². The van der Waals surface area contributed by atoms with Crippen LogP contribution in [0.25, 0.3) is 0 Å². The molecular weight excluding hydrogens is 185 g/mol. The summed E-state index contributed by atoms with van der Waals surface area (Å²) in [4.78, 5) is 0. The molecule has 0 saturated carbocycles. The quantitative estimate of drug-likeness (QED) is 0.345. The Morgan fingerprint density at radius 1 is 1.25 bits per heavy atom. The van der Waals surface area contributed by atoms with Crippen LogP contribution in [-0.2, 0) is 19.5 Å². The van der Waals surface area contributed by atoms with E-state index in [0.717, 1.165) is 0 Å². The van der Waals surface area contributed by atoms with Gasteiger partial charge in [-0.25, -0.2) is 12.2 Å². The molecule has 0 rings (SSSR count). The normalized spacial score (nSPS) is 5.62. The van der Waals surface area contributed by atoms with E-state index in [4.69, 9.17) is 6.58 Å². The predicted octanol–water partition coefficient (Wildman–Crippen LogP) is 2.45. The number of hydrogen-bond donors (Lipinski definition) is 0. The van der Waals surface area contributed by atoms with E-state index in [-0.39, 0.29) is 34.3 Å².